The van der Waals surface area contributed by atoms with Crippen molar-refractivity contribution >= 4 is 17.7 Å². The second-order valence-corrected chi connectivity index (χ2v) is 7.14. The normalized spacial score (nSPS) is 29.4. The van der Waals surface area contributed by atoms with E-state index in [4.69, 9.17) is 16.3 Å². The molecule has 0 radical (unpaired) electrons. The Balaban J connectivity index is 1.72. The van der Waals surface area contributed by atoms with E-state index < -0.39 is 0 Å². The quantitative estimate of drug-likeness (QED) is 0.894. The Morgan fingerprint density at radius 2 is 1.96 bits per heavy atom. The molecular weight excluding hydrogens is 314 g/mol. The van der Waals surface area contributed by atoms with E-state index >= 15 is 0 Å². The number of aliphatic hydroxyl groups is 1. The second kappa shape index (κ2) is 6.70. The molecule has 23 heavy (non-hydrogen) atoms. The Morgan fingerprint density at radius 1 is 1.30 bits per heavy atom. The standard InChI is InChI=1S/C18H24ClNO3/c1-2-16(13-3-5-14(19)6-4-13)20-12-11-18(23-17(20)22)9-7-15(21)8-10-18/h3-6,15-16,21H,2,7-12H2,1H3/t15-,16-,18-/m0/s1. The van der Waals surface area contributed by atoms with E-state index in [2.05, 4.69) is 6.92 Å². The van der Waals surface area contributed by atoms with Gasteiger partial charge in [0, 0.05) is 18.0 Å². The number of benzene rings is 1. The number of amides is 1. The predicted molar refractivity (Wildman–Crippen MR) is 89.5 cm³/mol. The van der Waals surface area contributed by atoms with Crippen molar-refractivity contribution in [3.05, 3.63) is 34.9 Å². The summed E-state index contributed by atoms with van der Waals surface area (Å²) < 4.78 is 5.85. The van der Waals surface area contributed by atoms with Gasteiger partial charge in [-0.05, 0) is 49.8 Å². The molecule has 1 aliphatic heterocycles. The van der Waals surface area contributed by atoms with Crippen LogP contribution in [0.5, 0.6) is 0 Å². The molecule has 0 bridgehead atoms. The third-order valence-electron chi connectivity index (χ3n) is 5.23. The molecule has 5 heteroatoms. The molecular formula is C18H24ClNO3. The number of nitrogens with zero attached hydrogens (tertiary/aromatic N) is 1. The molecule has 1 aromatic rings. The number of halogens is 1. The highest BCUT2D eigenvalue weighted by molar-refractivity contribution is 6.30. The first kappa shape index (κ1) is 16.6. The van der Waals surface area contributed by atoms with Crippen molar-refractivity contribution in [3.8, 4) is 0 Å². The third-order valence-corrected chi connectivity index (χ3v) is 5.48. The van der Waals surface area contributed by atoms with Gasteiger partial charge in [0.2, 0.25) is 0 Å². The van der Waals surface area contributed by atoms with Crippen LogP contribution < -0.4 is 0 Å². The lowest BCUT2D eigenvalue weighted by Gasteiger charge is -2.46. The fraction of sp³-hybridized carbons (Fsp3) is 0.611. The Bertz CT molecular complexity index is 552. The summed E-state index contributed by atoms with van der Waals surface area (Å²) in [6, 6.07) is 7.69. The number of hydrogen-bond donors (Lipinski definition) is 1. The third kappa shape index (κ3) is 3.48. The van der Waals surface area contributed by atoms with E-state index in [-0.39, 0.29) is 23.8 Å². The number of aliphatic hydroxyl groups excluding tert-OH is 1. The highest BCUT2D eigenvalue weighted by Crippen LogP contribution is 2.40. The molecule has 1 aromatic carbocycles. The van der Waals surface area contributed by atoms with Crippen LogP contribution in [0.3, 0.4) is 0 Å². The first-order chi connectivity index (χ1) is 11.0. The summed E-state index contributed by atoms with van der Waals surface area (Å²) in [5.74, 6) is 0. The summed E-state index contributed by atoms with van der Waals surface area (Å²) in [5, 5.41) is 10.4. The maximum Gasteiger partial charge on any atom is 0.410 e. The summed E-state index contributed by atoms with van der Waals surface area (Å²) in [5.41, 5.74) is 0.731. The minimum absolute atomic E-state index is 0.0197. The van der Waals surface area contributed by atoms with Gasteiger partial charge in [-0.1, -0.05) is 30.7 Å². The van der Waals surface area contributed by atoms with Gasteiger partial charge in [-0.15, -0.1) is 0 Å². The molecule has 4 nitrogen and oxygen atoms in total. The summed E-state index contributed by atoms with van der Waals surface area (Å²) >= 11 is 5.96. The first-order valence-electron chi connectivity index (χ1n) is 8.46. The maximum atomic E-state index is 12.6. The number of hydrogen-bond acceptors (Lipinski definition) is 3. The van der Waals surface area contributed by atoms with E-state index in [1.54, 1.807) is 0 Å². The van der Waals surface area contributed by atoms with Crippen LogP contribution in [0.4, 0.5) is 4.79 Å². The second-order valence-electron chi connectivity index (χ2n) is 6.70. The molecule has 0 unspecified atom stereocenters. The van der Waals surface area contributed by atoms with Crippen molar-refractivity contribution < 1.29 is 14.6 Å². The SMILES string of the molecule is CC[C@@H](c1ccc(Cl)cc1)N1CC[C@]2(CC[C@@H](O)CC2)OC1=O. The molecule has 1 aliphatic carbocycles. The largest absolute Gasteiger partial charge is 0.443 e. The fourth-order valence-electron chi connectivity index (χ4n) is 3.80. The van der Waals surface area contributed by atoms with Crippen molar-refractivity contribution in [1.29, 1.82) is 0 Å². The van der Waals surface area contributed by atoms with Crippen molar-refractivity contribution in [2.24, 2.45) is 0 Å². The Labute approximate surface area is 142 Å². The summed E-state index contributed by atoms with van der Waals surface area (Å²) in [6.45, 7) is 2.78. The lowest BCUT2D eigenvalue weighted by molar-refractivity contribution is -0.0920. The van der Waals surface area contributed by atoms with Gasteiger partial charge >= 0.3 is 6.09 Å². The lowest BCUT2D eigenvalue weighted by Crippen LogP contribution is -2.52. The van der Waals surface area contributed by atoms with Crippen LogP contribution in [-0.4, -0.2) is 34.3 Å². The summed E-state index contributed by atoms with van der Waals surface area (Å²) in [7, 11) is 0. The van der Waals surface area contributed by atoms with Crippen LogP contribution in [0.25, 0.3) is 0 Å². The van der Waals surface area contributed by atoms with E-state index in [1.165, 1.54) is 0 Å². The molecule has 2 fully saturated rings. The highest BCUT2D eigenvalue weighted by atomic mass is 35.5. The average molecular weight is 338 g/mol. The Morgan fingerprint density at radius 3 is 2.52 bits per heavy atom. The molecule has 1 heterocycles. The molecule has 0 aromatic heterocycles. The number of carbonyl (C=O) groups is 1. The van der Waals surface area contributed by atoms with Gasteiger partial charge in [-0.3, -0.25) is 0 Å². The predicted octanol–water partition coefficient (Wildman–Crippen LogP) is 4.31. The van der Waals surface area contributed by atoms with E-state index in [1.807, 2.05) is 29.2 Å². The number of carbonyl (C=O) groups excluding carboxylic acids is 1. The van der Waals surface area contributed by atoms with Crippen LogP contribution in [0.2, 0.25) is 5.02 Å². The zero-order valence-electron chi connectivity index (χ0n) is 13.5. The Kier molecular flexibility index (Phi) is 4.83. The average Bonchev–Trinajstić information content (AvgIpc) is 2.55. The number of rotatable bonds is 3. The van der Waals surface area contributed by atoms with Gasteiger partial charge in [0.1, 0.15) is 5.60 Å². The zero-order chi connectivity index (χ0) is 16.4. The molecule has 1 N–H and O–H groups in total. The smallest absolute Gasteiger partial charge is 0.410 e. The van der Waals surface area contributed by atoms with Gasteiger partial charge in [-0.2, -0.15) is 0 Å². The van der Waals surface area contributed by atoms with Gasteiger partial charge in [0.15, 0.2) is 0 Å². The molecule has 1 atom stereocenters. The molecule has 1 saturated heterocycles. The molecule has 2 aliphatic rings. The van der Waals surface area contributed by atoms with Crippen molar-refractivity contribution in [2.75, 3.05) is 6.54 Å². The first-order valence-corrected chi connectivity index (χ1v) is 8.84. The van der Waals surface area contributed by atoms with Crippen LogP contribution in [0.15, 0.2) is 24.3 Å². The number of ether oxygens (including phenoxy) is 1. The van der Waals surface area contributed by atoms with Crippen molar-refractivity contribution in [2.45, 2.75) is 63.2 Å². The van der Waals surface area contributed by atoms with Gasteiger partial charge in [0.05, 0.1) is 12.1 Å². The minimum Gasteiger partial charge on any atom is -0.443 e. The molecule has 1 spiro atoms. The summed E-state index contributed by atoms with van der Waals surface area (Å²) in [6.07, 6.45) is 4.20. The van der Waals surface area contributed by atoms with E-state index in [9.17, 15) is 9.90 Å². The van der Waals surface area contributed by atoms with Crippen LogP contribution in [0.1, 0.15) is 57.1 Å². The van der Waals surface area contributed by atoms with E-state index in [0.717, 1.165) is 44.1 Å². The van der Waals surface area contributed by atoms with Crippen LogP contribution in [-0.2, 0) is 4.74 Å². The van der Waals surface area contributed by atoms with Gasteiger partial charge in [0.25, 0.3) is 0 Å². The highest BCUT2D eigenvalue weighted by Gasteiger charge is 2.44. The van der Waals surface area contributed by atoms with E-state index in [0.29, 0.717) is 11.6 Å². The molecule has 3 rings (SSSR count). The fourth-order valence-corrected chi connectivity index (χ4v) is 3.92. The van der Waals surface area contributed by atoms with Crippen LogP contribution >= 0.6 is 11.6 Å². The van der Waals surface area contributed by atoms with Crippen LogP contribution in [0, 0.1) is 0 Å². The molecule has 1 saturated carbocycles. The van der Waals surface area contributed by atoms with Crippen molar-refractivity contribution in [3.63, 3.8) is 0 Å². The summed E-state index contributed by atoms with van der Waals surface area (Å²) in [4.78, 5) is 14.4. The minimum atomic E-state index is -0.356. The monoisotopic (exact) mass is 337 g/mol. The maximum absolute atomic E-state index is 12.6. The molecule has 1 amide bonds. The Hall–Kier alpha value is -1.26. The zero-order valence-corrected chi connectivity index (χ0v) is 14.3. The van der Waals surface area contributed by atoms with Gasteiger partial charge < -0.3 is 14.7 Å². The topological polar surface area (TPSA) is 49.8 Å². The van der Waals surface area contributed by atoms with Gasteiger partial charge in [-0.25, -0.2) is 4.79 Å². The lowest BCUT2D eigenvalue weighted by atomic mass is 9.80. The van der Waals surface area contributed by atoms with Crippen molar-refractivity contribution in [1.82, 2.24) is 4.90 Å². The molecule has 126 valence electrons.